The number of hydrogen-bond acceptors (Lipinski definition) is 4. The number of halogens is 1. The van der Waals surface area contributed by atoms with Crippen molar-refractivity contribution >= 4 is 22.6 Å². The lowest BCUT2D eigenvalue weighted by Gasteiger charge is -2.23. The third-order valence-electron chi connectivity index (χ3n) is 2.37. The minimum Gasteiger partial charge on any atom is -0.490 e. The minimum absolute atomic E-state index is 0.0229. The molecule has 0 aliphatic carbocycles. The summed E-state index contributed by atoms with van der Waals surface area (Å²) in [4.78, 5) is 0. The fraction of sp³-hybridized carbons (Fsp3) is 0.417. The minimum atomic E-state index is -0.0229. The first kappa shape index (κ1) is 12.6. The Labute approximate surface area is 114 Å². The fourth-order valence-electron chi connectivity index (χ4n) is 1.50. The van der Waals surface area contributed by atoms with Crippen molar-refractivity contribution in [2.24, 2.45) is 0 Å². The van der Waals surface area contributed by atoms with Gasteiger partial charge in [0.1, 0.15) is 18.5 Å². The first-order valence-electron chi connectivity index (χ1n) is 5.31. The number of benzene rings is 1. The molecule has 1 heterocycles. The monoisotopic (exact) mass is 345 g/mol. The second kappa shape index (κ2) is 6.19. The molecule has 2 rings (SSSR count). The van der Waals surface area contributed by atoms with Crippen LogP contribution in [-0.4, -0.2) is 32.5 Å². The van der Waals surface area contributed by atoms with Gasteiger partial charge in [-0.1, -0.05) is 0 Å². The van der Waals surface area contributed by atoms with Crippen molar-refractivity contribution in [3.05, 3.63) is 27.3 Å². The zero-order valence-electron chi connectivity index (χ0n) is 9.19. The van der Waals surface area contributed by atoms with Gasteiger partial charge in [0, 0.05) is 0 Å². The predicted molar refractivity (Wildman–Crippen MR) is 69.9 cm³/mol. The highest BCUT2D eigenvalue weighted by Crippen LogP contribution is 2.22. The Kier molecular flexibility index (Phi) is 4.59. The average Bonchev–Trinajstić information content (AvgIpc) is 2.39. The van der Waals surface area contributed by atoms with Gasteiger partial charge < -0.3 is 14.2 Å². The SMILES string of the molecule is N#Cc1ccc(I)c(OCC2COCCO2)c1. The van der Waals surface area contributed by atoms with Crippen LogP contribution >= 0.6 is 22.6 Å². The number of nitriles is 1. The summed E-state index contributed by atoms with van der Waals surface area (Å²) in [5.41, 5.74) is 0.598. The van der Waals surface area contributed by atoms with Crippen LogP contribution in [0.4, 0.5) is 0 Å². The Balaban J connectivity index is 1.95. The van der Waals surface area contributed by atoms with E-state index in [-0.39, 0.29) is 6.10 Å². The van der Waals surface area contributed by atoms with E-state index >= 15 is 0 Å². The fourth-order valence-corrected chi connectivity index (χ4v) is 1.99. The summed E-state index contributed by atoms with van der Waals surface area (Å²) in [6.07, 6.45) is -0.0229. The molecule has 1 unspecified atom stereocenters. The molecular weight excluding hydrogens is 333 g/mol. The van der Waals surface area contributed by atoms with E-state index in [2.05, 4.69) is 28.7 Å². The van der Waals surface area contributed by atoms with E-state index in [1.165, 1.54) is 0 Å². The molecule has 1 aromatic carbocycles. The van der Waals surface area contributed by atoms with Crippen molar-refractivity contribution in [2.75, 3.05) is 26.4 Å². The second-order valence-corrected chi connectivity index (χ2v) is 4.80. The summed E-state index contributed by atoms with van der Waals surface area (Å²) < 4.78 is 17.4. The lowest BCUT2D eigenvalue weighted by atomic mass is 10.2. The molecule has 1 aliphatic rings. The molecule has 1 aliphatic heterocycles. The van der Waals surface area contributed by atoms with Gasteiger partial charge in [0.15, 0.2) is 0 Å². The van der Waals surface area contributed by atoms with Gasteiger partial charge in [0.25, 0.3) is 0 Å². The van der Waals surface area contributed by atoms with Crippen LogP contribution in [0.25, 0.3) is 0 Å². The molecule has 17 heavy (non-hydrogen) atoms. The molecule has 90 valence electrons. The Morgan fingerprint density at radius 3 is 3.06 bits per heavy atom. The zero-order chi connectivity index (χ0) is 12.1. The topological polar surface area (TPSA) is 51.5 Å². The third kappa shape index (κ3) is 3.56. The molecule has 1 atom stereocenters. The molecule has 1 aromatic rings. The normalized spacial score (nSPS) is 19.6. The van der Waals surface area contributed by atoms with Crippen LogP contribution in [0, 0.1) is 14.9 Å². The van der Waals surface area contributed by atoms with E-state index in [4.69, 9.17) is 19.5 Å². The van der Waals surface area contributed by atoms with E-state index in [1.54, 1.807) is 12.1 Å². The molecule has 1 saturated heterocycles. The first-order chi connectivity index (χ1) is 8.29. The van der Waals surface area contributed by atoms with E-state index in [0.717, 1.165) is 9.32 Å². The van der Waals surface area contributed by atoms with E-state index in [9.17, 15) is 0 Å². The molecule has 0 radical (unpaired) electrons. The van der Waals surface area contributed by atoms with Crippen molar-refractivity contribution in [3.8, 4) is 11.8 Å². The van der Waals surface area contributed by atoms with Gasteiger partial charge in [-0.15, -0.1) is 0 Å². The summed E-state index contributed by atoms with van der Waals surface area (Å²) in [6.45, 7) is 2.28. The molecule has 1 fully saturated rings. The van der Waals surface area contributed by atoms with Crippen LogP contribution in [0.5, 0.6) is 5.75 Å². The van der Waals surface area contributed by atoms with E-state index < -0.39 is 0 Å². The zero-order valence-corrected chi connectivity index (χ0v) is 11.3. The van der Waals surface area contributed by atoms with Crippen LogP contribution in [0.1, 0.15) is 5.56 Å². The summed E-state index contributed by atoms with van der Waals surface area (Å²) in [5.74, 6) is 0.721. The lowest BCUT2D eigenvalue weighted by Crippen LogP contribution is -2.33. The molecule has 0 saturated carbocycles. The molecule has 4 nitrogen and oxygen atoms in total. The van der Waals surface area contributed by atoms with Crippen molar-refractivity contribution in [1.29, 1.82) is 5.26 Å². The maximum absolute atomic E-state index is 8.82. The molecule has 0 aromatic heterocycles. The molecule has 0 spiro atoms. The van der Waals surface area contributed by atoms with Crippen LogP contribution in [-0.2, 0) is 9.47 Å². The molecule has 5 heteroatoms. The van der Waals surface area contributed by atoms with Crippen LogP contribution in [0.2, 0.25) is 0 Å². The van der Waals surface area contributed by atoms with Crippen molar-refractivity contribution in [2.45, 2.75) is 6.10 Å². The van der Waals surface area contributed by atoms with Gasteiger partial charge in [-0.05, 0) is 40.8 Å². The Morgan fingerprint density at radius 1 is 1.47 bits per heavy atom. The summed E-state index contributed by atoms with van der Waals surface area (Å²) in [6, 6.07) is 7.48. The molecule has 0 amide bonds. The van der Waals surface area contributed by atoms with E-state index in [1.807, 2.05) is 6.07 Å². The number of ether oxygens (including phenoxy) is 3. The van der Waals surface area contributed by atoms with Gasteiger partial charge >= 0.3 is 0 Å². The average molecular weight is 345 g/mol. The largest absolute Gasteiger partial charge is 0.490 e. The van der Waals surface area contributed by atoms with Crippen LogP contribution in [0.15, 0.2) is 18.2 Å². The summed E-state index contributed by atoms with van der Waals surface area (Å²) in [5, 5.41) is 8.82. The van der Waals surface area contributed by atoms with Gasteiger partial charge in [-0.2, -0.15) is 5.26 Å². The second-order valence-electron chi connectivity index (χ2n) is 3.64. The Morgan fingerprint density at radius 2 is 2.35 bits per heavy atom. The van der Waals surface area contributed by atoms with Crippen molar-refractivity contribution in [1.82, 2.24) is 0 Å². The smallest absolute Gasteiger partial charge is 0.134 e. The van der Waals surface area contributed by atoms with Crippen molar-refractivity contribution < 1.29 is 14.2 Å². The maximum atomic E-state index is 8.82. The highest BCUT2D eigenvalue weighted by atomic mass is 127. The standard InChI is InChI=1S/C12H12INO3/c13-11-2-1-9(6-14)5-12(11)17-8-10-7-15-3-4-16-10/h1-2,5,10H,3-4,7-8H2. The van der Waals surface area contributed by atoms with Gasteiger partial charge in [0.05, 0.1) is 35.0 Å². The van der Waals surface area contributed by atoms with E-state index in [0.29, 0.717) is 32.0 Å². The highest BCUT2D eigenvalue weighted by Gasteiger charge is 2.15. The van der Waals surface area contributed by atoms with Crippen LogP contribution < -0.4 is 4.74 Å². The first-order valence-corrected chi connectivity index (χ1v) is 6.39. The van der Waals surface area contributed by atoms with Crippen molar-refractivity contribution in [3.63, 3.8) is 0 Å². The maximum Gasteiger partial charge on any atom is 0.134 e. The number of nitrogens with zero attached hydrogens (tertiary/aromatic N) is 1. The Bertz CT molecular complexity index is 424. The third-order valence-corrected chi connectivity index (χ3v) is 3.26. The number of hydrogen-bond donors (Lipinski definition) is 0. The number of rotatable bonds is 3. The summed E-state index contributed by atoms with van der Waals surface area (Å²) >= 11 is 2.18. The highest BCUT2D eigenvalue weighted by molar-refractivity contribution is 14.1. The van der Waals surface area contributed by atoms with Gasteiger partial charge in [0.2, 0.25) is 0 Å². The molecule has 0 bridgehead atoms. The summed E-state index contributed by atoms with van der Waals surface area (Å²) in [7, 11) is 0. The predicted octanol–water partition coefficient (Wildman–Crippen LogP) is 1.96. The van der Waals surface area contributed by atoms with Gasteiger partial charge in [-0.25, -0.2) is 0 Å². The quantitative estimate of drug-likeness (QED) is 0.786. The lowest BCUT2D eigenvalue weighted by molar-refractivity contribution is -0.101. The molecular formula is C12H12INO3. The molecule has 0 N–H and O–H groups in total. The Hall–Kier alpha value is -0.840. The van der Waals surface area contributed by atoms with Crippen LogP contribution in [0.3, 0.4) is 0 Å². The van der Waals surface area contributed by atoms with Gasteiger partial charge in [-0.3, -0.25) is 0 Å².